The molecule has 0 amide bonds. The fourth-order valence-corrected chi connectivity index (χ4v) is 6.78. The van der Waals surface area contributed by atoms with Crippen LogP contribution in [0.2, 0.25) is 0 Å². The van der Waals surface area contributed by atoms with Crippen molar-refractivity contribution in [2.75, 3.05) is 6.61 Å². The van der Waals surface area contributed by atoms with Gasteiger partial charge in [0.05, 0.1) is 10.9 Å². The third-order valence-electron chi connectivity index (χ3n) is 6.53. The number of halogens is 4. The molecule has 1 saturated heterocycles. The van der Waals surface area contributed by atoms with Crippen molar-refractivity contribution >= 4 is 21.0 Å². The van der Waals surface area contributed by atoms with Crippen molar-refractivity contribution in [1.29, 1.82) is 0 Å². The van der Waals surface area contributed by atoms with Crippen LogP contribution >= 0.6 is 0 Å². The van der Waals surface area contributed by atoms with Crippen molar-refractivity contribution in [3.63, 3.8) is 0 Å². The van der Waals surface area contributed by atoms with E-state index >= 15 is 0 Å². The van der Waals surface area contributed by atoms with Crippen molar-refractivity contribution in [3.05, 3.63) is 84.4 Å². The summed E-state index contributed by atoms with van der Waals surface area (Å²) in [6, 6.07) is 23.0. The first-order valence-electron chi connectivity index (χ1n) is 12.4. The molecular weight excluding hydrogens is 572 g/mol. The second kappa shape index (κ2) is 11.3. The fourth-order valence-electron chi connectivity index (χ4n) is 4.25. The van der Waals surface area contributed by atoms with E-state index in [0.717, 1.165) is 21.6 Å². The van der Waals surface area contributed by atoms with Gasteiger partial charge in [-0.1, -0.05) is 25.1 Å². The number of benzene rings is 3. The zero-order chi connectivity index (χ0) is 29.3. The number of alkyl halides is 4. The molecule has 0 aliphatic carbocycles. The largest absolute Gasteiger partial charge is 0.483 e. The Balaban J connectivity index is 1.61. The molecule has 12 heteroatoms. The van der Waals surface area contributed by atoms with E-state index in [1.54, 1.807) is 38.1 Å². The molecule has 4 atom stereocenters. The van der Waals surface area contributed by atoms with Gasteiger partial charge in [0, 0.05) is 5.56 Å². The van der Waals surface area contributed by atoms with Crippen molar-refractivity contribution < 1.29 is 44.7 Å². The van der Waals surface area contributed by atoms with Gasteiger partial charge >= 0.3 is 15.4 Å². The van der Waals surface area contributed by atoms with Gasteiger partial charge in [0.15, 0.2) is 26.6 Å². The zero-order valence-corrected chi connectivity index (χ0v) is 23.5. The van der Waals surface area contributed by atoms with Gasteiger partial charge in [-0.15, -0.1) is 0 Å². The van der Waals surface area contributed by atoms with Crippen LogP contribution in [-0.4, -0.2) is 43.0 Å². The third kappa shape index (κ3) is 6.15. The average molecular weight is 602 g/mol. The molecule has 0 radical (unpaired) electrons. The summed E-state index contributed by atoms with van der Waals surface area (Å²) in [5.74, 6) is -4.43. The molecule has 0 aromatic heterocycles. The summed E-state index contributed by atoms with van der Waals surface area (Å²) in [6.45, 7) is 3.35. The van der Waals surface area contributed by atoms with Crippen LogP contribution in [0.5, 0.6) is 5.75 Å². The lowest BCUT2D eigenvalue weighted by Crippen LogP contribution is -2.52. The lowest BCUT2D eigenvalue weighted by atomic mass is 10.0. The number of ether oxygens (including phenoxy) is 3. The van der Waals surface area contributed by atoms with Gasteiger partial charge in [-0.25, -0.2) is 8.78 Å². The van der Waals surface area contributed by atoms with Crippen LogP contribution in [0, 0.1) is 0 Å². The maximum absolute atomic E-state index is 14.1. The molecule has 1 aliphatic heterocycles. The SMILES string of the molecule is CCC1OC(C)(c2ccc([S+](c3ccccc3)c3ccc(OC(C)C(F)(F)S(=O)(=O)O)cc3)cc2)OCC1(F)F. The van der Waals surface area contributed by atoms with E-state index in [-0.39, 0.29) is 12.2 Å². The summed E-state index contributed by atoms with van der Waals surface area (Å²) < 4.78 is 103. The molecule has 6 nitrogen and oxygen atoms in total. The summed E-state index contributed by atoms with van der Waals surface area (Å²) >= 11 is 0. The smallest absolute Gasteiger partial charge is 0.405 e. The van der Waals surface area contributed by atoms with E-state index < -0.39 is 56.8 Å². The van der Waals surface area contributed by atoms with Gasteiger partial charge in [0.2, 0.25) is 0 Å². The maximum Gasteiger partial charge on any atom is 0.405 e. The highest BCUT2D eigenvalue weighted by molar-refractivity contribution is 7.97. The molecule has 1 fully saturated rings. The standard InChI is InChI=1S/C28H28F4O6S2/c1-4-25-27(29,30)18-36-26(3,38-25)20-10-14-23(15-11-20)39(22-8-6-5-7-9-22)24-16-12-21(13-17-24)37-19(2)28(31,32)40(33,34)35/h5-17,19,25H,4,18H2,1-3H3/p+1. The van der Waals surface area contributed by atoms with Crippen LogP contribution in [0.25, 0.3) is 0 Å². The Morgan fingerprint density at radius 1 is 1.00 bits per heavy atom. The third-order valence-corrected chi connectivity index (χ3v) is 9.78. The molecule has 4 rings (SSSR count). The van der Waals surface area contributed by atoms with Crippen molar-refractivity contribution in [3.8, 4) is 5.75 Å². The van der Waals surface area contributed by atoms with E-state index in [4.69, 9.17) is 18.8 Å². The molecule has 1 heterocycles. The number of hydrogen-bond acceptors (Lipinski definition) is 5. The highest BCUT2D eigenvalue weighted by atomic mass is 32.2. The second-order valence-corrected chi connectivity index (χ2v) is 12.9. The normalized spacial score (nSPS) is 22.9. The minimum absolute atomic E-state index is 0.00617. The van der Waals surface area contributed by atoms with Crippen LogP contribution in [0.3, 0.4) is 0 Å². The quantitative estimate of drug-likeness (QED) is 0.168. The molecule has 40 heavy (non-hydrogen) atoms. The van der Waals surface area contributed by atoms with Crippen LogP contribution < -0.4 is 4.74 Å². The van der Waals surface area contributed by atoms with Gasteiger partial charge in [-0.3, -0.25) is 4.55 Å². The lowest BCUT2D eigenvalue weighted by Gasteiger charge is -2.42. The summed E-state index contributed by atoms with van der Waals surface area (Å²) in [6.07, 6.45) is -3.27. The second-order valence-electron chi connectivity index (χ2n) is 9.42. The Morgan fingerprint density at radius 2 is 1.52 bits per heavy atom. The minimum Gasteiger partial charge on any atom is -0.483 e. The predicted octanol–water partition coefficient (Wildman–Crippen LogP) is 6.66. The molecule has 1 aliphatic rings. The van der Waals surface area contributed by atoms with Crippen molar-refractivity contribution in [2.24, 2.45) is 0 Å². The Bertz CT molecular complexity index is 1400. The first-order chi connectivity index (χ1) is 18.7. The highest BCUT2D eigenvalue weighted by Crippen LogP contribution is 2.41. The van der Waals surface area contributed by atoms with Crippen LogP contribution in [0.15, 0.2) is 93.5 Å². The minimum atomic E-state index is -5.65. The van der Waals surface area contributed by atoms with Gasteiger partial charge in [-0.05, 0) is 80.9 Å². The van der Waals surface area contributed by atoms with Gasteiger partial charge in [-0.2, -0.15) is 17.2 Å². The summed E-state index contributed by atoms with van der Waals surface area (Å²) in [5, 5.41) is -4.49. The van der Waals surface area contributed by atoms with Crippen LogP contribution in [0.1, 0.15) is 32.8 Å². The van der Waals surface area contributed by atoms with Crippen LogP contribution in [0.4, 0.5) is 17.6 Å². The molecule has 1 N–H and O–H groups in total. The van der Waals surface area contributed by atoms with E-state index in [2.05, 4.69) is 0 Å². The van der Waals surface area contributed by atoms with Gasteiger partial charge < -0.3 is 14.2 Å². The summed E-state index contributed by atoms with van der Waals surface area (Å²) in [7, 11) is -6.31. The molecule has 3 aromatic carbocycles. The summed E-state index contributed by atoms with van der Waals surface area (Å²) in [4.78, 5) is 2.64. The molecule has 3 aromatic rings. The van der Waals surface area contributed by atoms with Crippen molar-refractivity contribution in [2.45, 2.75) is 71.1 Å². The molecule has 0 spiro atoms. The first-order valence-corrected chi connectivity index (χ1v) is 15.1. The predicted molar refractivity (Wildman–Crippen MR) is 141 cm³/mol. The molecule has 216 valence electrons. The van der Waals surface area contributed by atoms with E-state index in [1.165, 1.54) is 12.1 Å². The lowest BCUT2D eigenvalue weighted by molar-refractivity contribution is -0.360. The average Bonchev–Trinajstić information content (AvgIpc) is 2.91. The van der Waals surface area contributed by atoms with E-state index in [0.29, 0.717) is 5.56 Å². The Labute approximate surface area is 233 Å². The monoisotopic (exact) mass is 601 g/mol. The highest BCUT2D eigenvalue weighted by Gasteiger charge is 2.52. The maximum atomic E-state index is 14.1. The van der Waals surface area contributed by atoms with E-state index in [1.807, 2.05) is 42.5 Å². The number of hydrogen-bond donors (Lipinski definition) is 1. The molecule has 4 unspecified atom stereocenters. The first kappa shape index (κ1) is 30.3. The Kier molecular flexibility index (Phi) is 8.58. The van der Waals surface area contributed by atoms with Crippen LogP contribution in [-0.2, 0) is 36.3 Å². The van der Waals surface area contributed by atoms with Gasteiger partial charge in [0.1, 0.15) is 18.5 Å². The Hall–Kier alpha value is -2.64. The van der Waals surface area contributed by atoms with Gasteiger partial charge in [0.25, 0.3) is 5.92 Å². The summed E-state index contributed by atoms with van der Waals surface area (Å²) in [5.41, 5.74) is 0.583. The molecule has 0 bridgehead atoms. The van der Waals surface area contributed by atoms with Crippen molar-refractivity contribution in [1.82, 2.24) is 0 Å². The zero-order valence-electron chi connectivity index (χ0n) is 21.9. The Morgan fingerprint density at radius 3 is 2.05 bits per heavy atom. The molecular formula is C28H29F4O6S2+. The topological polar surface area (TPSA) is 82.1 Å². The fraction of sp³-hybridized carbons (Fsp3) is 0.357. The molecule has 0 saturated carbocycles. The van der Waals surface area contributed by atoms with E-state index in [9.17, 15) is 26.0 Å². The number of rotatable bonds is 9.